The van der Waals surface area contributed by atoms with E-state index in [0.29, 0.717) is 6.54 Å². The molecular formula is C20H46N2. The minimum absolute atomic E-state index is 0.583. The van der Waals surface area contributed by atoms with Crippen LogP contribution >= 0.6 is 0 Å². The van der Waals surface area contributed by atoms with E-state index in [1.807, 2.05) is 6.92 Å². The van der Waals surface area contributed by atoms with Crippen LogP contribution in [0.3, 0.4) is 0 Å². The van der Waals surface area contributed by atoms with Gasteiger partial charge in [0.2, 0.25) is 0 Å². The van der Waals surface area contributed by atoms with E-state index in [1.165, 1.54) is 19.5 Å². The molecule has 0 radical (unpaired) electrons. The second-order valence-electron chi connectivity index (χ2n) is 6.55. The van der Waals surface area contributed by atoms with Crippen molar-refractivity contribution < 1.29 is 0 Å². The number of allylic oxidation sites excluding steroid dienone is 1. The van der Waals surface area contributed by atoms with Crippen LogP contribution in [0.15, 0.2) is 25.3 Å². The fraction of sp³-hybridized carbons (Fsp3) is 0.800. The van der Waals surface area contributed by atoms with Gasteiger partial charge in [-0.15, -0.1) is 13.2 Å². The van der Waals surface area contributed by atoms with Gasteiger partial charge in [-0.05, 0) is 31.7 Å². The molecule has 1 heterocycles. The van der Waals surface area contributed by atoms with Crippen LogP contribution in [-0.4, -0.2) is 31.6 Å². The van der Waals surface area contributed by atoms with Gasteiger partial charge in [0.15, 0.2) is 0 Å². The Labute approximate surface area is 142 Å². The van der Waals surface area contributed by atoms with Gasteiger partial charge >= 0.3 is 0 Å². The molecule has 1 fully saturated rings. The van der Waals surface area contributed by atoms with Crippen LogP contribution in [0.2, 0.25) is 0 Å². The number of rotatable bonds is 1. The van der Waals surface area contributed by atoms with Gasteiger partial charge in [0.1, 0.15) is 0 Å². The lowest BCUT2D eigenvalue weighted by atomic mass is 10.0. The molecule has 1 aliphatic rings. The lowest BCUT2D eigenvalue weighted by Crippen LogP contribution is -2.13. The summed E-state index contributed by atoms with van der Waals surface area (Å²) in [6.45, 7) is 27.2. The first-order valence-corrected chi connectivity index (χ1v) is 8.74. The van der Waals surface area contributed by atoms with Crippen molar-refractivity contribution >= 4 is 0 Å². The largest absolute Gasteiger partial charge is 0.327 e. The molecule has 0 bridgehead atoms. The van der Waals surface area contributed by atoms with Gasteiger partial charge < -0.3 is 10.6 Å². The highest BCUT2D eigenvalue weighted by Gasteiger charge is 2.22. The molecule has 136 valence electrons. The topological polar surface area (TPSA) is 29.3 Å². The standard InChI is InChI=1S/C7H15N.C4H10.C3H7N.C3H8.C3H6/c1-6-4-8(3)5-7(6)2;1-4(2)3;1-2-3-4;2*1-3-2/h6-7H,4-5H2,1-3H3;4H,1-3H3;2H,1,3-4H2;3H2,1-2H3;3H,1H2,2H3. The molecule has 2 heteroatoms. The SMILES string of the molecule is C=CC.C=CCN.CC(C)C.CC1CN(C)CC1C.CCC. The first kappa shape index (κ1) is 29.4. The molecule has 22 heavy (non-hydrogen) atoms. The third-order valence-corrected chi connectivity index (χ3v) is 2.34. The van der Waals surface area contributed by atoms with Crippen molar-refractivity contribution in [2.75, 3.05) is 26.7 Å². The summed E-state index contributed by atoms with van der Waals surface area (Å²) in [5, 5.41) is 0. The summed E-state index contributed by atoms with van der Waals surface area (Å²) < 4.78 is 0. The summed E-state index contributed by atoms with van der Waals surface area (Å²) >= 11 is 0. The van der Waals surface area contributed by atoms with Gasteiger partial charge in [0.25, 0.3) is 0 Å². The van der Waals surface area contributed by atoms with Crippen molar-refractivity contribution in [1.82, 2.24) is 4.90 Å². The summed E-state index contributed by atoms with van der Waals surface area (Å²) in [5.41, 5.74) is 4.91. The third-order valence-electron chi connectivity index (χ3n) is 2.34. The number of likely N-dealkylation sites (tertiary alicyclic amines) is 1. The van der Waals surface area contributed by atoms with Crippen molar-refractivity contribution in [1.29, 1.82) is 0 Å². The van der Waals surface area contributed by atoms with E-state index in [0.717, 1.165) is 17.8 Å². The van der Waals surface area contributed by atoms with E-state index in [1.54, 1.807) is 12.2 Å². The zero-order valence-electron chi connectivity index (χ0n) is 17.2. The lowest BCUT2D eigenvalue weighted by molar-refractivity contribution is 0.398. The normalized spacial score (nSPS) is 19.0. The van der Waals surface area contributed by atoms with Gasteiger partial charge in [-0.1, -0.05) is 67.0 Å². The average Bonchev–Trinajstić information content (AvgIpc) is 2.68. The molecule has 0 aromatic heterocycles. The minimum atomic E-state index is 0.583. The predicted molar refractivity (Wildman–Crippen MR) is 107 cm³/mol. The maximum absolute atomic E-state index is 4.91. The van der Waals surface area contributed by atoms with E-state index >= 15 is 0 Å². The zero-order chi connectivity index (χ0) is 18.6. The molecule has 0 spiro atoms. The quantitative estimate of drug-likeness (QED) is 0.638. The Balaban J connectivity index is -0.000000100. The summed E-state index contributed by atoms with van der Waals surface area (Å²) in [4.78, 5) is 2.40. The Morgan fingerprint density at radius 1 is 1.09 bits per heavy atom. The summed E-state index contributed by atoms with van der Waals surface area (Å²) in [7, 11) is 2.19. The first-order valence-electron chi connectivity index (χ1n) is 8.74. The molecule has 2 unspecified atom stereocenters. The first-order chi connectivity index (χ1) is 10.2. The highest BCUT2D eigenvalue weighted by Crippen LogP contribution is 2.19. The van der Waals surface area contributed by atoms with Gasteiger partial charge in [0.05, 0.1) is 0 Å². The van der Waals surface area contributed by atoms with Crippen LogP contribution in [-0.2, 0) is 0 Å². The Hall–Kier alpha value is -0.600. The predicted octanol–water partition coefficient (Wildman–Crippen LogP) is 5.61. The van der Waals surface area contributed by atoms with Crippen LogP contribution in [0.4, 0.5) is 0 Å². The molecule has 0 aliphatic carbocycles. The summed E-state index contributed by atoms with van der Waals surface area (Å²) in [6, 6.07) is 0. The van der Waals surface area contributed by atoms with Crippen molar-refractivity contribution in [3.05, 3.63) is 25.3 Å². The second-order valence-corrected chi connectivity index (χ2v) is 6.55. The van der Waals surface area contributed by atoms with Crippen LogP contribution in [0.1, 0.15) is 61.8 Å². The molecule has 0 aromatic rings. The molecule has 1 aliphatic heterocycles. The number of hydrogen-bond acceptors (Lipinski definition) is 2. The molecular weight excluding hydrogens is 268 g/mol. The Bertz CT molecular complexity index is 187. The van der Waals surface area contributed by atoms with E-state index in [2.05, 4.69) is 73.6 Å². The highest BCUT2D eigenvalue weighted by atomic mass is 15.1. The fourth-order valence-corrected chi connectivity index (χ4v) is 1.42. The van der Waals surface area contributed by atoms with Crippen molar-refractivity contribution in [2.24, 2.45) is 23.5 Å². The number of nitrogens with two attached hydrogens (primary N) is 1. The van der Waals surface area contributed by atoms with Crippen molar-refractivity contribution in [2.45, 2.75) is 61.8 Å². The summed E-state index contributed by atoms with van der Waals surface area (Å²) in [6.07, 6.45) is 4.65. The molecule has 0 saturated carbocycles. The summed E-state index contributed by atoms with van der Waals surface area (Å²) in [5.74, 6) is 2.67. The molecule has 2 atom stereocenters. The molecule has 2 N–H and O–H groups in total. The zero-order valence-corrected chi connectivity index (χ0v) is 17.2. The van der Waals surface area contributed by atoms with E-state index < -0.39 is 0 Å². The van der Waals surface area contributed by atoms with E-state index in [4.69, 9.17) is 5.73 Å². The second kappa shape index (κ2) is 25.4. The molecule has 0 amide bonds. The average molecular weight is 315 g/mol. The van der Waals surface area contributed by atoms with Crippen LogP contribution in [0.5, 0.6) is 0 Å². The maximum atomic E-state index is 4.91. The van der Waals surface area contributed by atoms with Crippen LogP contribution in [0.25, 0.3) is 0 Å². The van der Waals surface area contributed by atoms with Crippen molar-refractivity contribution in [3.63, 3.8) is 0 Å². The van der Waals surface area contributed by atoms with Crippen LogP contribution in [0, 0.1) is 17.8 Å². The number of nitrogens with zero attached hydrogens (tertiary/aromatic N) is 1. The minimum Gasteiger partial charge on any atom is -0.327 e. The molecule has 1 saturated heterocycles. The van der Waals surface area contributed by atoms with Crippen molar-refractivity contribution in [3.8, 4) is 0 Å². The molecule has 1 rings (SSSR count). The third kappa shape index (κ3) is 42.7. The van der Waals surface area contributed by atoms with Crippen LogP contribution < -0.4 is 5.73 Å². The van der Waals surface area contributed by atoms with E-state index in [9.17, 15) is 0 Å². The Morgan fingerprint density at radius 3 is 1.32 bits per heavy atom. The van der Waals surface area contributed by atoms with Gasteiger partial charge in [-0.25, -0.2) is 0 Å². The molecule has 0 aromatic carbocycles. The number of hydrogen-bond donors (Lipinski definition) is 1. The molecule has 2 nitrogen and oxygen atoms in total. The smallest absolute Gasteiger partial charge is 0.0104 e. The lowest BCUT2D eigenvalue weighted by Gasteiger charge is -2.03. The van der Waals surface area contributed by atoms with Gasteiger partial charge in [-0.3, -0.25) is 0 Å². The Morgan fingerprint density at radius 2 is 1.27 bits per heavy atom. The maximum Gasteiger partial charge on any atom is 0.0104 e. The fourth-order valence-electron chi connectivity index (χ4n) is 1.42. The van der Waals surface area contributed by atoms with Gasteiger partial charge in [0, 0.05) is 19.6 Å². The van der Waals surface area contributed by atoms with Gasteiger partial charge in [-0.2, -0.15) is 0 Å². The Kier molecular flexibility index (Phi) is 33.9. The monoisotopic (exact) mass is 314 g/mol. The highest BCUT2D eigenvalue weighted by molar-refractivity contribution is 4.75. The van der Waals surface area contributed by atoms with E-state index in [-0.39, 0.29) is 0 Å².